The van der Waals surface area contributed by atoms with Gasteiger partial charge in [0.25, 0.3) is 5.56 Å². The van der Waals surface area contributed by atoms with Crippen LogP contribution in [0.15, 0.2) is 17.2 Å². The van der Waals surface area contributed by atoms with E-state index in [0.29, 0.717) is 11.0 Å². The Balaban J connectivity index is 2.76. The van der Waals surface area contributed by atoms with Crippen LogP contribution in [0.3, 0.4) is 0 Å². The van der Waals surface area contributed by atoms with Gasteiger partial charge < -0.3 is 4.98 Å². The lowest BCUT2D eigenvalue weighted by Crippen LogP contribution is -2.09. The molecule has 0 saturated heterocycles. The number of hydrogen-bond donors (Lipinski definition) is 1. The lowest BCUT2D eigenvalue weighted by molar-refractivity contribution is 0.791. The van der Waals surface area contributed by atoms with Crippen molar-refractivity contribution in [1.82, 2.24) is 20.2 Å². The first-order valence-corrected chi connectivity index (χ1v) is 4.39. The lowest BCUT2D eigenvalue weighted by atomic mass is 10.1. The highest BCUT2D eigenvalue weighted by Gasteiger charge is 2.06. The van der Waals surface area contributed by atoms with Crippen LogP contribution in [0.4, 0.5) is 0 Å². The summed E-state index contributed by atoms with van der Waals surface area (Å²) in [5.41, 5.74) is 1.01. The summed E-state index contributed by atoms with van der Waals surface area (Å²) in [6, 6.07) is 1.73. The van der Waals surface area contributed by atoms with E-state index in [1.807, 2.05) is 13.8 Å². The van der Waals surface area contributed by atoms with Crippen LogP contribution in [0, 0.1) is 0 Å². The van der Waals surface area contributed by atoms with Crippen molar-refractivity contribution in [3.05, 3.63) is 28.4 Å². The second-order valence-corrected chi connectivity index (χ2v) is 3.39. The van der Waals surface area contributed by atoms with Crippen molar-refractivity contribution in [2.45, 2.75) is 19.8 Å². The third kappa shape index (κ3) is 1.37. The first kappa shape index (κ1) is 8.80. The highest BCUT2D eigenvalue weighted by Crippen LogP contribution is 2.12. The van der Waals surface area contributed by atoms with E-state index in [9.17, 15) is 4.79 Å². The molecule has 0 aromatic carbocycles. The van der Waals surface area contributed by atoms with Crippen LogP contribution < -0.4 is 5.56 Å². The monoisotopic (exact) mass is 190 g/mol. The van der Waals surface area contributed by atoms with Gasteiger partial charge in [0.05, 0.1) is 17.4 Å². The summed E-state index contributed by atoms with van der Waals surface area (Å²) in [6.45, 7) is 4.00. The fourth-order valence-corrected chi connectivity index (χ4v) is 1.18. The molecule has 5 heteroatoms. The van der Waals surface area contributed by atoms with Crippen molar-refractivity contribution in [3.8, 4) is 0 Å². The third-order valence-corrected chi connectivity index (χ3v) is 2.02. The minimum atomic E-state index is -0.268. The number of nitrogens with one attached hydrogen (secondary N) is 1. The molecule has 5 nitrogen and oxygen atoms in total. The number of aromatic amines is 1. The molecule has 0 unspecified atom stereocenters. The van der Waals surface area contributed by atoms with Crippen LogP contribution in [0.25, 0.3) is 11.0 Å². The molecule has 2 heterocycles. The average Bonchev–Trinajstić information content (AvgIpc) is 2.18. The van der Waals surface area contributed by atoms with Gasteiger partial charge in [0, 0.05) is 0 Å². The van der Waals surface area contributed by atoms with Gasteiger partial charge in [0.1, 0.15) is 0 Å². The van der Waals surface area contributed by atoms with Crippen molar-refractivity contribution in [3.63, 3.8) is 0 Å². The van der Waals surface area contributed by atoms with Gasteiger partial charge in [-0.25, -0.2) is 0 Å². The molecule has 0 atom stereocenters. The van der Waals surface area contributed by atoms with E-state index in [2.05, 4.69) is 20.2 Å². The number of rotatable bonds is 1. The van der Waals surface area contributed by atoms with Gasteiger partial charge >= 0.3 is 0 Å². The molecule has 14 heavy (non-hydrogen) atoms. The Kier molecular flexibility index (Phi) is 1.99. The fourth-order valence-electron chi connectivity index (χ4n) is 1.18. The summed E-state index contributed by atoms with van der Waals surface area (Å²) < 4.78 is 0. The van der Waals surface area contributed by atoms with Gasteiger partial charge in [-0.15, -0.1) is 5.10 Å². The van der Waals surface area contributed by atoms with Crippen LogP contribution in [-0.4, -0.2) is 20.2 Å². The van der Waals surface area contributed by atoms with Gasteiger partial charge in [-0.1, -0.05) is 13.8 Å². The SMILES string of the molecule is CC(C)c1cc2c(=O)nc[nH]c2nn1. The predicted molar refractivity (Wildman–Crippen MR) is 52.0 cm³/mol. The van der Waals surface area contributed by atoms with E-state index in [-0.39, 0.29) is 11.5 Å². The minimum Gasteiger partial charge on any atom is -0.329 e. The summed E-state index contributed by atoms with van der Waals surface area (Å²) in [6.07, 6.45) is 1.33. The Hall–Kier alpha value is -1.78. The van der Waals surface area contributed by atoms with Crippen molar-refractivity contribution in [2.75, 3.05) is 0 Å². The molecule has 1 N–H and O–H groups in total. The predicted octanol–water partition coefficient (Wildman–Crippen LogP) is 0.837. The molecule has 72 valence electrons. The smallest absolute Gasteiger partial charge is 0.282 e. The number of H-pyrrole nitrogens is 1. The largest absolute Gasteiger partial charge is 0.329 e. The van der Waals surface area contributed by atoms with Crippen LogP contribution in [0.5, 0.6) is 0 Å². The second-order valence-electron chi connectivity index (χ2n) is 3.39. The highest BCUT2D eigenvalue weighted by atomic mass is 16.1. The zero-order valence-electron chi connectivity index (χ0n) is 7.98. The summed E-state index contributed by atoms with van der Waals surface area (Å²) in [4.78, 5) is 17.8. The van der Waals surface area contributed by atoms with Crippen LogP contribution in [-0.2, 0) is 0 Å². The van der Waals surface area contributed by atoms with Crippen molar-refractivity contribution >= 4 is 11.0 Å². The first-order valence-electron chi connectivity index (χ1n) is 4.39. The van der Waals surface area contributed by atoms with E-state index in [4.69, 9.17) is 0 Å². The normalized spacial score (nSPS) is 11.1. The Bertz CT molecular complexity index is 517. The lowest BCUT2D eigenvalue weighted by Gasteiger charge is -2.02. The van der Waals surface area contributed by atoms with E-state index in [1.54, 1.807) is 6.07 Å². The fraction of sp³-hybridized carbons (Fsp3) is 0.333. The quantitative estimate of drug-likeness (QED) is 0.723. The molecule has 0 fully saturated rings. The number of fused-ring (bicyclic) bond motifs is 1. The highest BCUT2D eigenvalue weighted by molar-refractivity contribution is 5.72. The van der Waals surface area contributed by atoms with Crippen LogP contribution in [0.1, 0.15) is 25.5 Å². The van der Waals surface area contributed by atoms with E-state index in [0.717, 1.165) is 5.69 Å². The third-order valence-electron chi connectivity index (χ3n) is 2.02. The maximum Gasteiger partial charge on any atom is 0.282 e. The topological polar surface area (TPSA) is 71.5 Å². The summed E-state index contributed by atoms with van der Waals surface area (Å²) in [5.74, 6) is 0.256. The Labute approximate surface area is 80.2 Å². The molecule has 0 amide bonds. The molecule has 0 radical (unpaired) electrons. The van der Waals surface area contributed by atoms with E-state index >= 15 is 0 Å². The molecule has 2 rings (SSSR count). The van der Waals surface area contributed by atoms with Crippen molar-refractivity contribution in [1.29, 1.82) is 0 Å². The van der Waals surface area contributed by atoms with Crippen molar-refractivity contribution < 1.29 is 0 Å². The molecule has 0 spiro atoms. The maximum atomic E-state index is 11.4. The molecule has 0 aliphatic heterocycles. The molecular formula is C9H10N4O. The number of hydrogen-bond acceptors (Lipinski definition) is 4. The maximum absolute atomic E-state index is 11.4. The van der Waals surface area contributed by atoms with E-state index in [1.165, 1.54) is 6.33 Å². The van der Waals surface area contributed by atoms with E-state index < -0.39 is 0 Å². The standard InChI is InChI=1S/C9H10N4O/c1-5(2)7-3-6-8(13-12-7)10-4-11-9(6)14/h3-5H,1-2H3,(H,10,11,13,14). The molecule has 0 bridgehead atoms. The second kappa shape index (κ2) is 3.17. The molecule has 2 aromatic rings. The number of aromatic nitrogens is 4. The zero-order chi connectivity index (χ0) is 10.1. The Morgan fingerprint density at radius 2 is 2.14 bits per heavy atom. The van der Waals surface area contributed by atoms with Gasteiger partial charge in [-0.05, 0) is 12.0 Å². The number of nitrogens with zero attached hydrogens (tertiary/aromatic N) is 3. The van der Waals surface area contributed by atoms with Crippen molar-refractivity contribution in [2.24, 2.45) is 0 Å². The molecule has 0 aliphatic rings. The Morgan fingerprint density at radius 3 is 2.86 bits per heavy atom. The molecular weight excluding hydrogens is 180 g/mol. The van der Waals surface area contributed by atoms with Crippen LogP contribution >= 0.6 is 0 Å². The first-order chi connectivity index (χ1) is 6.68. The minimum absolute atomic E-state index is 0.256. The molecule has 0 saturated carbocycles. The zero-order valence-corrected chi connectivity index (χ0v) is 7.98. The summed E-state index contributed by atoms with van der Waals surface area (Å²) in [5, 5.41) is 8.41. The molecule has 2 aromatic heterocycles. The average molecular weight is 190 g/mol. The molecule has 0 aliphatic carbocycles. The summed E-state index contributed by atoms with van der Waals surface area (Å²) in [7, 11) is 0. The van der Waals surface area contributed by atoms with Gasteiger partial charge in [0.15, 0.2) is 5.65 Å². The summed E-state index contributed by atoms with van der Waals surface area (Å²) >= 11 is 0. The Morgan fingerprint density at radius 1 is 1.36 bits per heavy atom. The van der Waals surface area contributed by atoms with Gasteiger partial charge in [-0.3, -0.25) is 4.79 Å². The van der Waals surface area contributed by atoms with Gasteiger partial charge in [-0.2, -0.15) is 10.1 Å². The van der Waals surface area contributed by atoms with Gasteiger partial charge in [0.2, 0.25) is 0 Å². The van der Waals surface area contributed by atoms with Crippen LogP contribution in [0.2, 0.25) is 0 Å².